The van der Waals surface area contributed by atoms with Gasteiger partial charge in [0.25, 0.3) is 11.8 Å². The highest BCUT2D eigenvalue weighted by atomic mass is 19.4. The zero-order valence-corrected chi connectivity index (χ0v) is 15.1. The zero-order chi connectivity index (χ0) is 21.2. The molecule has 2 N–H and O–H groups in total. The van der Waals surface area contributed by atoms with E-state index in [1.807, 2.05) is 0 Å². The van der Waals surface area contributed by atoms with Crippen LogP contribution in [0.25, 0.3) is 0 Å². The highest BCUT2D eigenvalue weighted by molar-refractivity contribution is 6.22. The molecule has 2 aromatic rings. The number of carbonyl (C=O) groups is 3. The molecule has 29 heavy (non-hydrogen) atoms. The van der Waals surface area contributed by atoms with Crippen molar-refractivity contribution in [1.82, 2.24) is 10.9 Å². The standard InChI is InChI=1S/C19H16F3N3O4/c1-29-15-8-3-2-7-13(15)17(27)24-23-14-10-16(26)25(18(14)28)12-6-4-5-11(9-12)19(20,21)22/h2-9,14,23H,10H2,1H3,(H,24,27)/t14-/m0/s1. The van der Waals surface area contributed by atoms with Gasteiger partial charge in [0.15, 0.2) is 0 Å². The summed E-state index contributed by atoms with van der Waals surface area (Å²) >= 11 is 0. The molecule has 0 aromatic heterocycles. The van der Waals surface area contributed by atoms with Crippen molar-refractivity contribution in [1.29, 1.82) is 0 Å². The second-order valence-electron chi connectivity index (χ2n) is 6.17. The Bertz CT molecular complexity index is 962. The Balaban J connectivity index is 1.72. The molecular weight excluding hydrogens is 391 g/mol. The van der Waals surface area contributed by atoms with E-state index in [-0.39, 0.29) is 17.7 Å². The molecule has 1 aliphatic heterocycles. The number of methoxy groups -OCH3 is 1. The average molecular weight is 407 g/mol. The second-order valence-corrected chi connectivity index (χ2v) is 6.17. The fraction of sp³-hybridized carbons (Fsp3) is 0.211. The fourth-order valence-corrected chi connectivity index (χ4v) is 2.89. The van der Waals surface area contributed by atoms with Gasteiger partial charge in [-0.1, -0.05) is 18.2 Å². The van der Waals surface area contributed by atoms with Crippen molar-refractivity contribution in [2.45, 2.75) is 18.6 Å². The summed E-state index contributed by atoms with van der Waals surface area (Å²) in [5.41, 5.74) is 3.83. The van der Waals surface area contributed by atoms with Crippen LogP contribution in [0.15, 0.2) is 48.5 Å². The molecule has 1 aliphatic rings. The summed E-state index contributed by atoms with van der Waals surface area (Å²) in [6.45, 7) is 0. The van der Waals surface area contributed by atoms with Gasteiger partial charge in [0, 0.05) is 0 Å². The van der Waals surface area contributed by atoms with Gasteiger partial charge < -0.3 is 4.74 Å². The number of carbonyl (C=O) groups excluding carboxylic acids is 3. The number of anilines is 1. The van der Waals surface area contributed by atoms with E-state index in [0.717, 1.165) is 18.2 Å². The Morgan fingerprint density at radius 2 is 1.86 bits per heavy atom. The Kier molecular flexibility index (Phi) is 5.55. The van der Waals surface area contributed by atoms with Gasteiger partial charge in [0.05, 0.1) is 30.3 Å². The van der Waals surface area contributed by atoms with E-state index in [2.05, 4.69) is 10.9 Å². The van der Waals surface area contributed by atoms with Crippen molar-refractivity contribution in [2.24, 2.45) is 0 Å². The molecule has 0 saturated carbocycles. The molecule has 152 valence electrons. The number of hydrazine groups is 1. The van der Waals surface area contributed by atoms with Crippen LogP contribution in [0.4, 0.5) is 18.9 Å². The van der Waals surface area contributed by atoms with Gasteiger partial charge in [-0.15, -0.1) is 0 Å². The number of hydrogen-bond acceptors (Lipinski definition) is 5. The van der Waals surface area contributed by atoms with Crippen molar-refractivity contribution < 1.29 is 32.3 Å². The van der Waals surface area contributed by atoms with Crippen LogP contribution < -0.4 is 20.5 Å². The number of nitrogens with one attached hydrogen (secondary N) is 2. The lowest BCUT2D eigenvalue weighted by Gasteiger charge is -2.17. The van der Waals surface area contributed by atoms with Crippen molar-refractivity contribution in [2.75, 3.05) is 12.0 Å². The number of benzene rings is 2. The lowest BCUT2D eigenvalue weighted by Crippen LogP contribution is -2.48. The molecule has 0 radical (unpaired) electrons. The first-order valence-electron chi connectivity index (χ1n) is 8.45. The lowest BCUT2D eigenvalue weighted by atomic mass is 10.2. The Labute approximate surface area is 163 Å². The number of rotatable bonds is 5. The van der Waals surface area contributed by atoms with Gasteiger partial charge in [-0.25, -0.2) is 10.3 Å². The highest BCUT2D eigenvalue weighted by Crippen LogP contribution is 2.33. The number of nitrogens with zero attached hydrogens (tertiary/aromatic N) is 1. The summed E-state index contributed by atoms with van der Waals surface area (Å²) < 4.78 is 43.8. The van der Waals surface area contributed by atoms with Crippen molar-refractivity contribution in [3.63, 3.8) is 0 Å². The quantitative estimate of drug-likeness (QED) is 0.587. The van der Waals surface area contributed by atoms with E-state index in [4.69, 9.17) is 4.74 Å². The second kappa shape index (κ2) is 7.92. The number of halogens is 3. The molecule has 10 heteroatoms. The normalized spacial score (nSPS) is 16.8. The molecule has 0 aliphatic carbocycles. The van der Waals surface area contributed by atoms with Crippen LogP contribution in [0, 0.1) is 0 Å². The maximum atomic E-state index is 12.9. The summed E-state index contributed by atoms with van der Waals surface area (Å²) in [4.78, 5) is 37.7. The van der Waals surface area contributed by atoms with Crippen LogP contribution in [0.2, 0.25) is 0 Å². The van der Waals surface area contributed by atoms with Gasteiger partial charge >= 0.3 is 6.18 Å². The molecule has 3 rings (SSSR count). The summed E-state index contributed by atoms with van der Waals surface area (Å²) in [6, 6.07) is 9.19. The van der Waals surface area contributed by atoms with Gasteiger partial charge in [-0.3, -0.25) is 19.8 Å². The predicted octanol–water partition coefficient (Wildman–Crippen LogP) is 2.28. The van der Waals surface area contributed by atoms with Gasteiger partial charge in [-0.2, -0.15) is 13.2 Å². The largest absolute Gasteiger partial charge is 0.496 e. The molecule has 1 saturated heterocycles. The number of hydrogen-bond donors (Lipinski definition) is 2. The number of alkyl halides is 3. The van der Waals surface area contributed by atoms with E-state index in [1.54, 1.807) is 18.2 Å². The number of para-hydroxylation sites is 1. The molecular formula is C19H16F3N3O4. The van der Waals surface area contributed by atoms with E-state index in [1.165, 1.54) is 19.2 Å². The summed E-state index contributed by atoms with van der Waals surface area (Å²) in [5, 5.41) is 0. The monoisotopic (exact) mass is 407 g/mol. The fourth-order valence-electron chi connectivity index (χ4n) is 2.89. The Morgan fingerprint density at radius 3 is 2.55 bits per heavy atom. The van der Waals surface area contributed by atoms with Crippen LogP contribution in [0.1, 0.15) is 22.3 Å². The maximum absolute atomic E-state index is 12.9. The van der Waals surface area contributed by atoms with Crippen LogP contribution in [-0.2, 0) is 15.8 Å². The first-order chi connectivity index (χ1) is 13.7. The van der Waals surface area contributed by atoms with Crippen LogP contribution >= 0.6 is 0 Å². The lowest BCUT2D eigenvalue weighted by molar-refractivity contribution is -0.137. The van der Waals surface area contributed by atoms with Crippen molar-refractivity contribution >= 4 is 23.4 Å². The minimum absolute atomic E-state index is 0.185. The summed E-state index contributed by atoms with van der Waals surface area (Å²) in [7, 11) is 1.39. The molecule has 0 spiro atoms. The highest BCUT2D eigenvalue weighted by Gasteiger charge is 2.41. The van der Waals surface area contributed by atoms with Crippen LogP contribution in [-0.4, -0.2) is 30.9 Å². The molecule has 2 aromatic carbocycles. The van der Waals surface area contributed by atoms with Gasteiger partial charge in [0.2, 0.25) is 5.91 Å². The third-order valence-corrected chi connectivity index (χ3v) is 4.29. The van der Waals surface area contributed by atoms with E-state index < -0.39 is 35.5 Å². The third-order valence-electron chi connectivity index (χ3n) is 4.29. The van der Waals surface area contributed by atoms with Gasteiger partial charge in [0.1, 0.15) is 11.8 Å². The minimum atomic E-state index is -4.61. The van der Waals surface area contributed by atoms with E-state index in [0.29, 0.717) is 10.6 Å². The summed E-state index contributed by atoms with van der Waals surface area (Å²) in [5.74, 6) is -1.74. The maximum Gasteiger partial charge on any atom is 0.416 e. The zero-order valence-electron chi connectivity index (χ0n) is 15.1. The van der Waals surface area contributed by atoms with E-state index in [9.17, 15) is 27.6 Å². The first kappa shape index (κ1) is 20.3. The predicted molar refractivity (Wildman–Crippen MR) is 95.9 cm³/mol. The Morgan fingerprint density at radius 1 is 1.14 bits per heavy atom. The summed E-state index contributed by atoms with van der Waals surface area (Å²) in [6.07, 6.45) is -4.93. The molecule has 1 atom stereocenters. The Hall–Kier alpha value is -3.40. The number of amides is 3. The SMILES string of the molecule is COc1ccccc1C(=O)NN[C@H]1CC(=O)N(c2cccc(C(F)(F)F)c2)C1=O. The molecule has 0 unspecified atom stereocenters. The first-order valence-corrected chi connectivity index (χ1v) is 8.45. The molecule has 1 heterocycles. The third kappa shape index (κ3) is 4.21. The van der Waals surface area contributed by atoms with E-state index >= 15 is 0 Å². The molecule has 0 bridgehead atoms. The van der Waals surface area contributed by atoms with Crippen molar-refractivity contribution in [3.05, 3.63) is 59.7 Å². The van der Waals surface area contributed by atoms with Crippen molar-refractivity contribution in [3.8, 4) is 5.75 Å². The molecule has 1 fully saturated rings. The molecule has 3 amide bonds. The number of ether oxygens (including phenoxy) is 1. The molecule has 7 nitrogen and oxygen atoms in total. The smallest absolute Gasteiger partial charge is 0.416 e. The number of imide groups is 1. The van der Waals surface area contributed by atoms with Crippen LogP contribution in [0.5, 0.6) is 5.75 Å². The average Bonchev–Trinajstić information content (AvgIpc) is 2.98. The minimum Gasteiger partial charge on any atom is -0.496 e. The topological polar surface area (TPSA) is 87.7 Å². The van der Waals surface area contributed by atoms with Gasteiger partial charge in [-0.05, 0) is 30.3 Å². The van der Waals surface area contributed by atoms with Crippen LogP contribution in [0.3, 0.4) is 0 Å².